The summed E-state index contributed by atoms with van der Waals surface area (Å²) in [5.74, 6) is 0.647. The van der Waals surface area contributed by atoms with Crippen LogP contribution in [0.1, 0.15) is 38.8 Å². The Morgan fingerprint density at radius 3 is 2.32 bits per heavy atom. The number of hydrogen-bond acceptors (Lipinski definition) is 4. The van der Waals surface area contributed by atoms with Gasteiger partial charge in [-0.25, -0.2) is 4.98 Å². The van der Waals surface area contributed by atoms with E-state index in [-0.39, 0.29) is 11.7 Å². The lowest BCUT2D eigenvalue weighted by atomic mass is 10.00. The van der Waals surface area contributed by atoms with E-state index in [2.05, 4.69) is 39.5 Å². The number of rotatable bonds is 4. The highest BCUT2D eigenvalue weighted by molar-refractivity contribution is 6.04. The third kappa shape index (κ3) is 3.78. The van der Waals surface area contributed by atoms with Gasteiger partial charge >= 0.3 is 0 Å². The van der Waals surface area contributed by atoms with Crippen molar-refractivity contribution in [3.05, 3.63) is 89.1 Å². The van der Waals surface area contributed by atoms with Crippen LogP contribution >= 0.6 is 0 Å². The number of Topliss-reactive ketones (excluding diaryl/α,β-unsaturated/α-hetero) is 1. The highest BCUT2D eigenvalue weighted by Crippen LogP contribution is 2.23. The number of amides is 1. The van der Waals surface area contributed by atoms with Crippen LogP contribution in [0, 0.1) is 0 Å². The number of nitrogens with one attached hydrogen (secondary N) is 1. The van der Waals surface area contributed by atoms with Crippen LogP contribution in [-0.4, -0.2) is 23.2 Å². The molecule has 140 valence electrons. The first-order valence-corrected chi connectivity index (χ1v) is 9.30. The van der Waals surface area contributed by atoms with Gasteiger partial charge in [0.2, 0.25) is 0 Å². The van der Waals surface area contributed by atoms with Gasteiger partial charge in [-0.2, -0.15) is 0 Å². The highest BCUT2D eigenvalue weighted by atomic mass is 16.1. The average Bonchev–Trinajstić information content (AvgIpc) is 2.74. The third-order valence-electron chi connectivity index (χ3n) is 5.01. The fourth-order valence-corrected chi connectivity index (χ4v) is 3.39. The Morgan fingerprint density at radius 1 is 0.929 bits per heavy atom. The lowest BCUT2D eigenvalue weighted by Gasteiger charge is -2.29. The summed E-state index contributed by atoms with van der Waals surface area (Å²) in [6.07, 6.45) is 2.60. The molecule has 1 aliphatic rings. The van der Waals surface area contributed by atoms with Gasteiger partial charge in [0, 0.05) is 30.5 Å². The number of hydrogen-bond donors (Lipinski definition) is 1. The van der Waals surface area contributed by atoms with Crippen LogP contribution in [0.15, 0.2) is 66.9 Å². The zero-order valence-electron chi connectivity index (χ0n) is 15.7. The first-order chi connectivity index (χ1) is 13.6. The molecule has 2 aromatic carbocycles. The van der Waals surface area contributed by atoms with Crippen molar-refractivity contribution in [2.24, 2.45) is 0 Å². The van der Waals surface area contributed by atoms with Crippen LogP contribution < -0.4 is 10.2 Å². The molecule has 2 heterocycles. The molecule has 0 bridgehead atoms. The predicted molar refractivity (Wildman–Crippen MR) is 110 cm³/mol. The van der Waals surface area contributed by atoms with E-state index in [1.54, 1.807) is 36.5 Å². The zero-order valence-corrected chi connectivity index (χ0v) is 15.7. The Bertz CT molecular complexity index is 1010. The summed E-state index contributed by atoms with van der Waals surface area (Å²) in [7, 11) is 0. The minimum Gasteiger partial charge on any atom is -0.352 e. The van der Waals surface area contributed by atoms with E-state index in [4.69, 9.17) is 0 Å². The Morgan fingerprint density at radius 2 is 1.64 bits per heavy atom. The molecule has 4 rings (SSSR count). The van der Waals surface area contributed by atoms with Crippen LogP contribution in [-0.2, 0) is 13.0 Å². The van der Waals surface area contributed by atoms with Gasteiger partial charge in [-0.05, 0) is 60.9 Å². The largest absolute Gasteiger partial charge is 0.352 e. The minimum absolute atomic E-state index is 0.00185. The van der Waals surface area contributed by atoms with E-state index < -0.39 is 0 Å². The van der Waals surface area contributed by atoms with Crippen molar-refractivity contribution < 1.29 is 9.59 Å². The van der Waals surface area contributed by atoms with Crippen molar-refractivity contribution in [1.82, 2.24) is 4.98 Å². The number of aromatic nitrogens is 1. The molecule has 0 atom stereocenters. The second kappa shape index (κ2) is 7.64. The molecule has 0 saturated carbocycles. The first kappa shape index (κ1) is 17.9. The van der Waals surface area contributed by atoms with Crippen LogP contribution in [0.5, 0.6) is 0 Å². The summed E-state index contributed by atoms with van der Waals surface area (Å²) >= 11 is 0. The Labute approximate surface area is 164 Å². The quantitative estimate of drug-likeness (QED) is 0.702. The lowest BCUT2D eigenvalue weighted by molar-refractivity contribution is 0.101. The molecule has 28 heavy (non-hydrogen) atoms. The van der Waals surface area contributed by atoms with E-state index in [1.165, 1.54) is 18.1 Å². The molecule has 1 amide bonds. The summed E-state index contributed by atoms with van der Waals surface area (Å²) in [6, 6.07) is 19.0. The van der Waals surface area contributed by atoms with Crippen molar-refractivity contribution in [1.29, 1.82) is 0 Å². The van der Waals surface area contributed by atoms with Gasteiger partial charge in [0.1, 0.15) is 5.82 Å². The van der Waals surface area contributed by atoms with Gasteiger partial charge in [0.05, 0.1) is 5.56 Å². The first-order valence-electron chi connectivity index (χ1n) is 9.30. The number of ketones is 1. The minimum atomic E-state index is -0.224. The molecular weight excluding hydrogens is 350 g/mol. The zero-order chi connectivity index (χ0) is 19.5. The molecule has 5 nitrogen and oxygen atoms in total. The van der Waals surface area contributed by atoms with Gasteiger partial charge in [-0.3, -0.25) is 9.59 Å². The lowest BCUT2D eigenvalue weighted by Crippen LogP contribution is -2.31. The summed E-state index contributed by atoms with van der Waals surface area (Å²) < 4.78 is 0. The highest BCUT2D eigenvalue weighted by Gasteiger charge is 2.17. The van der Waals surface area contributed by atoms with E-state index in [0.29, 0.717) is 16.8 Å². The van der Waals surface area contributed by atoms with Gasteiger partial charge in [0.15, 0.2) is 5.78 Å². The van der Waals surface area contributed by atoms with Gasteiger partial charge in [0.25, 0.3) is 5.91 Å². The molecule has 0 aliphatic carbocycles. The maximum Gasteiger partial charge on any atom is 0.257 e. The number of carbonyl (C=O) groups excluding carboxylic acids is 2. The fourth-order valence-electron chi connectivity index (χ4n) is 3.39. The maximum atomic E-state index is 12.5. The SMILES string of the molecule is CC(=O)c1ccc(NC(=O)c2ccc(N3CCc4ccccc4C3)nc2)cc1. The molecule has 3 aromatic rings. The molecule has 0 spiro atoms. The van der Waals surface area contributed by atoms with Crippen LogP contribution in [0.25, 0.3) is 0 Å². The van der Waals surface area contributed by atoms with E-state index in [1.807, 2.05) is 6.07 Å². The topological polar surface area (TPSA) is 62.3 Å². The van der Waals surface area contributed by atoms with Crippen LogP contribution in [0.3, 0.4) is 0 Å². The normalized spacial score (nSPS) is 13.0. The van der Waals surface area contributed by atoms with E-state index in [9.17, 15) is 9.59 Å². The average molecular weight is 371 g/mol. The number of fused-ring (bicyclic) bond motifs is 1. The molecular formula is C23H21N3O2. The van der Waals surface area contributed by atoms with E-state index >= 15 is 0 Å². The van der Waals surface area contributed by atoms with Gasteiger partial charge in [-0.1, -0.05) is 24.3 Å². The summed E-state index contributed by atoms with van der Waals surface area (Å²) in [4.78, 5) is 30.5. The Kier molecular flexibility index (Phi) is 4.89. The summed E-state index contributed by atoms with van der Waals surface area (Å²) in [5.41, 5.74) is 4.48. The van der Waals surface area contributed by atoms with Crippen molar-refractivity contribution in [3.63, 3.8) is 0 Å². The molecule has 0 unspecified atom stereocenters. The molecule has 0 saturated heterocycles. The number of pyridine rings is 1. The van der Waals surface area contributed by atoms with E-state index in [0.717, 1.165) is 25.3 Å². The van der Waals surface area contributed by atoms with Crippen molar-refractivity contribution in [3.8, 4) is 0 Å². The second-order valence-electron chi connectivity index (χ2n) is 6.93. The molecule has 1 aliphatic heterocycles. The number of nitrogens with zero attached hydrogens (tertiary/aromatic N) is 2. The molecule has 5 heteroatoms. The third-order valence-corrected chi connectivity index (χ3v) is 5.01. The van der Waals surface area contributed by atoms with Crippen LogP contribution in [0.2, 0.25) is 0 Å². The molecule has 1 aromatic heterocycles. The standard InChI is InChI=1S/C23H21N3O2/c1-16(27)17-6-9-21(10-7-17)25-23(28)19-8-11-22(24-14-19)26-13-12-18-4-2-3-5-20(18)15-26/h2-11,14H,12-13,15H2,1H3,(H,25,28). The monoisotopic (exact) mass is 371 g/mol. The van der Waals surface area contributed by atoms with Gasteiger partial charge in [-0.15, -0.1) is 0 Å². The smallest absolute Gasteiger partial charge is 0.257 e. The Hall–Kier alpha value is -3.47. The van der Waals surface area contributed by atoms with Gasteiger partial charge < -0.3 is 10.2 Å². The Balaban J connectivity index is 1.43. The number of carbonyl (C=O) groups is 2. The molecule has 1 N–H and O–H groups in total. The van der Waals surface area contributed by atoms with Crippen molar-refractivity contribution in [2.75, 3.05) is 16.8 Å². The van der Waals surface area contributed by atoms with Crippen molar-refractivity contribution in [2.45, 2.75) is 19.9 Å². The molecule has 0 fully saturated rings. The van der Waals surface area contributed by atoms with Crippen molar-refractivity contribution >= 4 is 23.2 Å². The molecule has 0 radical (unpaired) electrons. The number of benzene rings is 2. The van der Waals surface area contributed by atoms with Crippen LogP contribution in [0.4, 0.5) is 11.5 Å². The fraction of sp³-hybridized carbons (Fsp3) is 0.174. The predicted octanol–water partition coefficient (Wildman–Crippen LogP) is 4.10. The summed E-state index contributed by atoms with van der Waals surface area (Å²) in [6.45, 7) is 3.26. The summed E-state index contributed by atoms with van der Waals surface area (Å²) in [5, 5.41) is 2.83. The second-order valence-corrected chi connectivity index (χ2v) is 6.93. The number of anilines is 2. The maximum absolute atomic E-state index is 12.5.